The maximum atomic E-state index is 13.6. The van der Waals surface area contributed by atoms with Crippen molar-refractivity contribution in [3.05, 3.63) is 50.7 Å². The highest BCUT2D eigenvalue weighted by Gasteiger charge is 2.44. The molecule has 0 aliphatic carbocycles. The van der Waals surface area contributed by atoms with Gasteiger partial charge in [-0.05, 0) is 51.8 Å². The van der Waals surface area contributed by atoms with Crippen LogP contribution in [0, 0.1) is 13.8 Å². The minimum absolute atomic E-state index is 0.0516. The van der Waals surface area contributed by atoms with E-state index >= 15 is 0 Å². The minimum Gasteiger partial charge on any atom is -0.503 e. The van der Waals surface area contributed by atoms with Gasteiger partial charge in [0.25, 0.3) is 5.91 Å². The first-order valence-corrected chi connectivity index (χ1v) is 11.8. The number of Topliss-reactive ketones (excluding diaryl/α,β-unsaturated/α-hetero) is 1. The number of rotatable bonds is 11. The van der Waals surface area contributed by atoms with Crippen molar-refractivity contribution in [2.45, 2.75) is 40.2 Å². The third-order valence-electron chi connectivity index (χ3n) is 5.29. The first kappa shape index (κ1) is 24.7. The largest absolute Gasteiger partial charge is 0.503 e. The summed E-state index contributed by atoms with van der Waals surface area (Å²) in [5.74, 6) is -0.405. The van der Waals surface area contributed by atoms with Crippen LogP contribution in [0.1, 0.15) is 52.2 Å². The predicted molar refractivity (Wildman–Crippen MR) is 125 cm³/mol. The lowest BCUT2D eigenvalue weighted by molar-refractivity contribution is -0.129. The van der Waals surface area contributed by atoms with Gasteiger partial charge in [0.1, 0.15) is 0 Å². The first-order valence-electron chi connectivity index (χ1n) is 10.9. The summed E-state index contributed by atoms with van der Waals surface area (Å²) in [5, 5.41) is 11.6. The van der Waals surface area contributed by atoms with E-state index in [9.17, 15) is 14.7 Å². The average molecular weight is 475 g/mol. The lowest BCUT2D eigenvalue weighted by Gasteiger charge is -2.27. The number of benzene rings is 1. The molecule has 1 aliphatic rings. The zero-order valence-electron chi connectivity index (χ0n) is 19.6. The number of aromatic nitrogens is 1. The molecule has 8 nitrogen and oxygen atoms in total. The predicted octanol–water partition coefficient (Wildman–Crippen LogP) is 4.17. The number of amides is 1. The maximum Gasteiger partial charge on any atom is 0.290 e. The third-order valence-corrected chi connectivity index (χ3v) is 6.36. The quantitative estimate of drug-likeness (QED) is 0.385. The summed E-state index contributed by atoms with van der Waals surface area (Å²) >= 11 is 1.25. The number of hydrogen-bond donors (Lipinski definition) is 1. The zero-order chi connectivity index (χ0) is 24.1. The molecule has 1 aromatic heterocycles. The summed E-state index contributed by atoms with van der Waals surface area (Å²) in [7, 11) is 1.59. The second-order valence-electron chi connectivity index (χ2n) is 7.56. The van der Waals surface area contributed by atoms with E-state index < -0.39 is 23.5 Å². The van der Waals surface area contributed by atoms with Gasteiger partial charge in [0.2, 0.25) is 5.78 Å². The van der Waals surface area contributed by atoms with Crippen LogP contribution in [0.5, 0.6) is 11.5 Å². The van der Waals surface area contributed by atoms with E-state index in [1.54, 1.807) is 32.2 Å². The Morgan fingerprint density at radius 3 is 2.48 bits per heavy atom. The Morgan fingerprint density at radius 1 is 1.18 bits per heavy atom. The Labute approximate surface area is 197 Å². The topological polar surface area (TPSA) is 98.2 Å². The number of aliphatic hydroxyl groups is 1. The van der Waals surface area contributed by atoms with Gasteiger partial charge in [-0.3, -0.25) is 9.59 Å². The van der Waals surface area contributed by atoms with Crippen molar-refractivity contribution in [2.75, 3.05) is 33.5 Å². The highest BCUT2D eigenvalue weighted by Crippen LogP contribution is 2.42. The first-order chi connectivity index (χ1) is 15.8. The summed E-state index contributed by atoms with van der Waals surface area (Å²) in [6.07, 6.45) is 0.557. The van der Waals surface area contributed by atoms with Gasteiger partial charge in [-0.25, -0.2) is 4.98 Å². The van der Waals surface area contributed by atoms with Crippen molar-refractivity contribution in [2.24, 2.45) is 0 Å². The van der Waals surface area contributed by atoms with E-state index in [2.05, 4.69) is 4.98 Å². The average Bonchev–Trinajstić information content (AvgIpc) is 3.25. The van der Waals surface area contributed by atoms with E-state index in [1.807, 2.05) is 20.8 Å². The van der Waals surface area contributed by atoms with Crippen LogP contribution in [0.15, 0.2) is 29.5 Å². The van der Waals surface area contributed by atoms with Gasteiger partial charge in [-0.15, -0.1) is 11.3 Å². The minimum atomic E-state index is -0.765. The molecule has 178 valence electrons. The fraction of sp³-hybridized carbons (Fsp3) is 0.458. The highest BCUT2D eigenvalue weighted by atomic mass is 32.1. The van der Waals surface area contributed by atoms with Gasteiger partial charge in [0.15, 0.2) is 17.3 Å². The second kappa shape index (κ2) is 10.8. The Hall–Kier alpha value is -2.91. The number of ketones is 1. The number of hydrogen-bond acceptors (Lipinski definition) is 8. The number of aryl methyl sites for hydroxylation is 2. The fourth-order valence-corrected chi connectivity index (χ4v) is 4.82. The van der Waals surface area contributed by atoms with E-state index in [0.29, 0.717) is 60.4 Å². The molecule has 2 heterocycles. The third kappa shape index (κ3) is 5.04. The molecule has 2 aromatic rings. The van der Waals surface area contributed by atoms with Crippen molar-refractivity contribution in [3.63, 3.8) is 0 Å². The van der Waals surface area contributed by atoms with Crippen LogP contribution in [-0.2, 0) is 9.53 Å². The van der Waals surface area contributed by atoms with Gasteiger partial charge in [0.05, 0.1) is 40.4 Å². The molecule has 1 N–H and O–H groups in total. The molecule has 1 amide bonds. The van der Waals surface area contributed by atoms with Gasteiger partial charge >= 0.3 is 0 Å². The number of carbonyl (C=O) groups is 2. The van der Waals surface area contributed by atoms with Crippen LogP contribution in [-0.4, -0.2) is 60.2 Å². The van der Waals surface area contributed by atoms with Crippen LogP contribution >= 0.6 is 11.3 Å². The van der Waals surface area contributed by atoms with Crippen LogP contribution in [0.4, 0.5) is 0 Å². The summed E-state index contributed by atoms with van der Waals surface area (Å²) in [6.45, 7) is 8.98. The Kier molecular flexibility index (Phi) is 8.10. The molecular weight excluding hydrogens is 444 g/mol. The molecule has 1 unspecified atom stereocenters. The molecule has 0 bridgehead atoms. The number of aliphatic hydroxyl groups excluding tert-OH is 1. The van der Waals surface area contributed by atoms with Crippen molar-refractivity contribution >= 4 is 23.0 Å². The summed E-state index contributed by atoms with van der Waals surface area (Å²) in [5.41, 5.74) is 1.28. The van der Waals surface area contributed by atoms with Gasteiger partial charge in [-0.2, -0.15) is 0 Å². The van der Waals surface area contributed by atoms with Crippen LogP contribution in [0.2, 0.25) is 0 Å². The smallest absolute Gasteiger partial charge is 0.290 e. The molecule has 1 aromatic carbocycles. The van der Waals surface area contributed by atoms with Crippen molar-refractivity contribution in [1.29, 1.82) is 0 Å². The van der Waals surface area contributed by atoms with Crippen molar-refractivity contribution < 1.29 is 28.9 Å². The summed E-state index contributed by atoms with van der Waals surface area (Å²) in [4.78, 5) is 32.9. The van der Waals surface area contributed by atoms with Crippen LogP contribution < -0.4 is 9.47 Å². The number of carbonyl (C=O) groups excluding carboxylic acids is 2. The number of methoxy groups -OCH3 is 1. The van der Waals surface area contributed by atoms with Gasteiger partial charge < -0.3 is 24.2 Å². The van der Waals surface area contributed by atoms with E-state index in [-0.39, 0.29) is 5.57 Å². The Balaban J connectivity index is 2.11. The molecule has 1 atom stereocenters. The highest BCUT2D eigenvalue weighted by molar-refractivity contribution is 7.14. The summed E-state index contributed by atoms with van der Waals surface area (Å²) < 4.78 is 16.6. The molecule has 0 saturated heterocycles. The maximum absolute atomic E-state index is 13.6. The standard InChI is InChI=1S/C24H30N2O6S/c1-6-31-17-10-9-16(13-18(17)32-7-2)20-19(21(27)23-14(3)25-15(4)33-23)22(28)24(29)26(20)11-8-12-30-5/h9-10,13,20,28H,6-8,11-12H2,1-5H3. The van der Waals surface area contributed by atoms with Gasteiger partial charge in [-0.1, -0.05) is 6.07 Å². The molecule has 3 rings (SSSR count). The zero-order valence-corrected chi connectivity index (χ0v) is 20.5. The Morgan fingerprint density at radius 2 is 1.88 bits per heavy atom. The molecule has 1 aliphatic heterocycles. The fourth-order valence-electron chi connectivity index (χ4n) is 3.94. The normalized spacial score (nSPS) is 16.0. The number of thiazole rings is 1. The molecule has 33 heavy (non-hydrogen) atoms. The van der Waals surface area contributed by atoms with Crippen molar-refractivity contribution in [3.8, 4) is 11.5 Å². The van der Waals surface area contributed by atoms with E-state index in [0.717, 1.165) is 5.01 Å². The molecular formula is C24H30N2O6S. The molecule has 0 radical (unpaired) electrons. The molecule has 9 heteroatoms. The summed E-state index contributed by atoms with van der Waals surface area (Å²) in [6, 6.07) is 4.57. The number of nitrogens with zero attached hydrogens (tertiary/aromatic N) is 2. The van der Waals surface area contributed by atoms with Crippen LogP contribution in [0.25, 0.3) is 0 Å². The Bertz CT molecular complexity index is 1060. The van der Waals surface area contributed by atoms with Crippen LogP contribution in [0.3, 0.4) is 0 Å². The van der Waals surface area contributed by atoms with E-state index in [1.165, 1.54) is 16.2 Å². The van der Waals surface area contributed by atoms with Gasteiger partial charge in [0, 0.05) is 20.3 Å². The lowest BCUT2D eigenvalue weighted by atomic mass is 9.94. The molecule has 0 fully saturated rings. The SMILES string of the molecule is CCOc1ccc(C2C(C(=O)c3sc(C)nc3C)=C(O)C(=O)N2CCCOC)cc1OCC. The number of ether oxygens (including phenoxy) is 3. The molecule has 0 spiro atoms. The van der Waals surface area contributed by atoms with Crippen molar-refractivity contribution in [1.82, 2.24) is 9.88 Å². The lowest BCUT2D eigenvalue weighted by Crippen LogP contribution is -2.32. The second-order valence-corrected chi connectivity index (χ2v) is 8.76. The van der Waals surface area contributed by atoms with E-state index in [4.69, 9.17) is 14.2 Å². The molecule has 0 saturated carbocycles. The monoisotopic (exact) mass is 474 g/mol.